The third-order valence-electron chi connectivity index (χ3n) is 3.47. The van der Waals surface area contributed by atoms with E-state index in [1.165, 1.54) is 0 Å². The van der Waals surface area contributed by atoms with E-state index in [9.17, 15) is 5.11 Å². The van der Waals surface area contributed by atoms with Crippen molar-refractivity contribution in [3.05, 3.63) is 75.4 Å². The Labute approximate surface area is 136 Å². The zero-order chi connectivity index (χ0) is 14.8. The van der Waals surface area contributed by atoms with Crippen LogP contribution >= 0.6 is 27.5 Å². The van der Waals surface area contributed by atoms with Crippen molar-refractivity contribution >= 4 is 38.4 Å². The number of aromatic nitrogens is 1. The van der Waals surface area contributed by atoms with Crippen LogP contribution in [0.3, 0.4) is 0 Å². The van der Waals surface area contributed by atoms with Gasteiger partial charge in [0.15, 0.2) is 0 Å². The highest BCUT2D eigenvalue weighted by Gasteiger charge is 2.14. The van der Waals surface area contributed by atoms with E-state index in [0.717, 1.165) is 26.5 Å². The first-order valence-corrected chi connectivity index (χ1v) is 7.78. The lowest BCUT2D eigenvalue weighted by atomic mass is 9.98. The molecule has 1 N–H and O–H groups in total. The monoisotopic (exact) mass is 361 g/mol. The Morgan fingerprint density at radius 3 is 2.81 bits per heavy atom. The zero-order valence-electron chi connectivity index (χ0n) is 11.1. The fraction of sp³-hybridized carbons (Fsp3) is 0.118. The Morgan fingerprint density at radius 1 is 1.14 bits per heavy atom. The van der Waals surface area contributed by atoms with Crippen LogP contribution in [0.4, 0.5) is 0 Å². The smallest absolute Gasteiger partial charge is 0.0837 e. The molecule has 0 aliphatic rings. The zero-order valence-corrected chi connectivity index (χ0v) is 13.5. The summed E-state index contributed by atoms with van der Waals surface area (Å²) in [6.45, 7) is 0. The lowest BCUT2D eigenvalue weighted by molar-refractivity contribution is 0.180. The average molecular weight is 363 g/mol. The number of aliphatic hydroxyl groups excluding tert-OH is 1. The molecule has 3 rings (SSSR count). The fourth-order valence-electron chi connectivity index (χ4n) is 2.42. The molecule has 1 unspecified atom stereocenters. The molecule has 0 radical (unpaired) electrons. The minimum atomic E-state index is -0.614. The van der Waals surface area contributed by atoms with Gasteiger partial charge in [-0.15, -0.1) is 0 Å². The SMILES string of the molecule is OC(Cc1ccc(Br)cc1Cl)c1cccc2ncccc12. The van der Waals surface area contributed by atoms with Crippen LogP contribution in [0.25, 0.3) is 10.9 Å². The van der Waals surface area contributed by atoms with Crippen LogP contribution < -0.4 is 0 Å². The van der Waals surface area contributed by atoms with Gasteiger partial charge in [0.05, 0.1) is 11.6 Å². The highest BCUT2D eigenvalue weighted by atomic mass is 79.9. The molecule has 1 heterocycles. The third-order valence-corrected chi connectivity index (χ3v) is 4.31. The van der Waals surface area contributed by atoms with Crippen molar-refractivity contribution in [3.8, 4) is 0 Å². The van der Waals surface area contributed by atoms with Crippen LogP contribution in [-0.2, 0) is 6.42 Å². The molecule has 0 fully saturated rings. The molecule has 0 aliphatic carbocycles. The Bertz CT molecular complexity index is 785. The van der Waals surface area contributed by atoms with Gasteiger partial charge in [0.1, 0.15) is 0 Å². The van der Waals surface area contributed by atoms with E-state index < -0.39 is 6.10 Å². The summed E-state index contributed by atoms with van der Waals surface area (Å²) in [6.07, 6.45) is 1.61. The predicted molar refractivity (Wildman–Crippen MR) is 89.6 cm³/mol. The Balaban J connectivity index is 1.95. The highest BCUT2D eigenvalue weighted by Crippen LogP contribution is 2.29. The van der Waals surface area contributed by atoms with Gasteiger partial charge in [-0.1, -0.05) is 51.8 Å². The summed E-state index contributed by atoms with van der Waals surface area (Å²) in [5.41, 5.74) is 2.68. The Morgan fingerprint density at radius 2 is 2.00 bits per heavy atom. The molecule has 0 amide bonds. The van der Waals surface area contributed by atoms with Crippen LogP contribution in [0.15, 0.2) is 59.2 Å². The number of hydrogen-bond acceptors (Lipinski definition) is 2. The molecule has 1 atom stereocenters. The van der Waals surface area contributed by atoms with Gasteiger partial charge in [-0.05, 0) is 35.4 Å². The molecule has 1 aromatic heterocycles. The first-order valence-electron chi connectivity index (χ1n) is 6.61. The summed E-state index contributed by atoms with van der Waals surface area (Å²) in [7, 11) is 0. The fourth-order valence-corrected chi connectivity index (χ4v) is 3.17. The minimum absolute atomic E-state index is 0.472. The molecule has 2 aromatic carbocycles. The summed E-state index contributed by atoms with van der Waals surface area (Å²) in [6, 6.07) is 15.3. The summed E-state index contributed by atoms with van der Waals surface area (Å²) in [5.74, 6) is 0. The Kier molecular flexibility index (Phi) is 4.24. The second-order valence-corrected chi connectivity index (χ2v) is 6.20. The lowest BCUT2D eigenvalue weighted by Gasteiger charge is -2.14. The maximum atomic E-state index is 10.6. The number of benzene rings is 2. The molecule has 21 heavy (non-hydrogen) atoms. The standard InChI is InChI=1S/C17H13BrClNO/c18-12-7-6-11(15(19)10-12)9-17(21)14-3-1-5-16-13(14)4-2-8-20-16/h1-8,10,17,21H,9H2. The Hall–Kier alpha value is -1.42. The molecule has 0 spiro atoms. The van der Waals surface area contributed by atoms with Gasteiger partial charge < -0.3 is 5.11 Å². The molecule has 2 nitrogen and oxygen atoms in total. The van der Waals surface area contributed by atoms with Crippen LogP contribution in [0.5, 0.6) is 0 Å². The maximum Gasteiger partial charge on any atom is 0.0837 e. The average Bonchev–Trinajstić information content (AvgIpc) is 2.49. The first kappa shape index (κ1) is 14.5. The van der Waals surface area contributed by atoms with Crippen molar-refractivity contribution in [2.24, 2.45) is 0 Å². The van der Waals surface area contributed by atoms with E-state index in [2.05, 4.69) is 20.9 Å². The van der Waals surface area contributed by atoms with Crippen LogP contribution in [0.2, 0.25) is 5.02 Å². The molecule has 0 aliphatic heterocycles. The lowest BCUT2D eigenvalue weighted by Crippen LogP contribution is -2.03. The van der Waals surface area contributed by atoms with E-state index in [4.69, 9.17) is 11.6 Å². The maximum absolute atomic E-state index is 10.6. The van der Waals surface area contributed by atoms with Gasteiger partial charge in [-0.25, -0.2) is 0 Å². The van der Waals surface area contributed by atoms with E-state index in [0.29, 0.717) is 11.4 Å². The van der Waals surface area contributed by atoms with Crippen molar-refractivity contribution < 1.29 is 5.11 Å². The number of hydrogen-bond donors (Lipinski definition) is 1. The molecule has 0 bridgehead atoms. The van der Waals surface area contributed by atoms with Crippen LogP contribution in [-0.4, -0.2) is 10.1 Å². The number of rotatable bonds is 3. The number of nitrogens with zero attached hydrogens (tertiary/aromatic N) is 1. The van der Waals surface area contributed by atoms with E-state index in [-0.39, 0.29) is 0 Å². The number of halogens is 2. The van der Waals surface area contributed by atoms with Crippen molar-refractivity contribution in [1.82, 2.24) is 4.98 Å². The van der Waals surface area contributed by atoms with Gasteiger partial charge in [-0.3, -0.25) is 4.98 Å². The summed E-state index contributed by atoms with van der Waals surface area (Å²) >= 11 is 9.61. The van der Waals surface area contributed by atoms with Crippen molar-refractivity contribution in [2.75, 3.05) is 0 Å². The van der Waals surface area contributed by atoms with Gasteiger partial charge in [0.2, 0.25) is 0 Å². The predicted octanol–water partition coefficient (Wildman–Crippen LogP) is 4.93. The molecule has 4 heteroatoms. The van der Waals surface area contributed by atoms with Crippen LogP contribution in [0, 0.1) is 0 Å². The second kappa shape index (κ2) is 6.14. The topological polar surface area (TPSA) is 33.1 Å². The van der Waals surface area contributed by atoms with Gasteiger partial charge in [0, 0.05) is 27.5 Å². The largest absolute Gasteiger partial charge is 0.388 e. The van der Waals surface area contributed by atoms with Crippen molar-refractivity contribution in [1.29, 1.82) is 0 Å². The number of fused-ring (bicyclic) bond motifs is 1. The molecule has 3 aromatic rings. The van der Waals surface area contributed by atoms with Crippen LogP contribution in [0.1, 0.15) is 17.2 Å². The van der Waals surface area contributed by atoms with Gasteiger partial charge >= 0.3 is 0 Å². The van der Waals surface area contributed by atoms with Gasteiger partial charge in [0.25, 0.3) is 0 Å². The summed E-state index contributed by atoms with van der Waals surface area (Å²) in [5, 5.41) is 12.2. The minimum Gasteiger partial charge on any atom is -0.388 e. The molecular weight excluding hydrogens is 350 g/mol. The molecule has 0 saturated carbocycles. The van der Waals surface area contributed by atoms with E-state index in [1.54, 1.807) is 6.20 Å². The quantitative estimate of drug-likeness (QED) is 0.717. The second-order valence-electron chi connectivity index (χ2n) is 4.87. The molecule has 0 saturated heterocycles. The van der Waals surface area contributed by atoms with Crippen molar-refractivity contribution in [3.63, 3.8) is 0 Å². The van der Waals surface area contributed by atoms with Gasteiger partial charge in [-0.2, -0.15) is 0 Å². The normalized spacial score (nSPS) is 12.5. The third kappa shape index (κ3) is 3.10. The van der Waals surface area contributed by atoms with E-state index in [1.807, 2.05) is 48.5 Å². The van der Waals surface area contributed by atoms with Crippen molar-refractivity contribution in [2.45, 2.75) is 12.5 Å². The molecule has 106 valence electrons. The number of aliphatic hydroxyl groups is 1. The van der Waals surface area contributed by atoms with E-state index >= 15 is 0 Å². The summed E-state index contributed by atoms with van der Waals surface area (Å²) < 4.78 is 0.931. The summed E-state index contributed by atoms with van der Waals surface area (Å²) in [4.78, 5) is 4.32. The molecular formula is C17H13BrClNO. The first-order chi connectivity index (χ1) is 10.1. The number of pyridine rings is 1. The highest BCUT2D eigenvalue weighted by molar-refractivity contribution is 9.10.